The number of carbonyl (C=O) groups is 3. The van der Waals surface area contributed by atoms with Crippen LogP contribution in [0.3, 0.4) is 0 Å². The Morgan fingerprint density at radius 2 is 2.15 bits per heavy atom. The summed E-state index contributed by atoms with van der Waals surface area (Å²) in [7, 11) is 1.31. The fourth-order valence-corrected chi connectivity index (χ4v) is 5.33. The predicted octanol–water partition coefficient (Wildman–Crippen LogP) is 2.39. The van der Waals surface area contributed by atoms with Gasteiger partial charge in [0, 0.05) is 37.8 Å². The number of hydrogen-bond acceptors (Lipinski definition) is 8. The van der Waals surface area contributed by atoms with Gasteiger partial charge in [0.1, 0.15) is 11.7 Å². The molecule has 1 saturated heterocycles. The lowest BCUT2D eigenvalue weighted by molar-refractivity contribution is -0.143. The monoisotopic (exact) mass is 488 g/mol. The summed E-state index contributed by atoms with van der Waals surface area (Å²) in [4.78, 5) is 38.3. The topological polar surface area (TPSA) is 121 Å². The highest BCUT2D eigenvalue weighted by atomic mass is 32.2. The summed E-state index contributed by atoms with van der Waals surface area (Å²) in [5, 5.41) is 15.3. The van der Waals surface area contributed by atoms with Gasteiger partial charge in [-0.2, -0.15) is 5.26 Å². The minimum Gasteiger partial charge on any atom is -0.482 e. The number of esters is 1. The lowest BCUT2D eigenvalue weighted by Crippen LogP contribution is -2.38. The molecule has 1 aliphatic carbocycles. The van der Waals surface area contributed by atoms with Crippen molar-refractivity contribution in [1.29, 1.82) is 5.26 Å². The van der Waals surface area contributed by atoms with Crippen molar-refractivity contribution in [3.63, 3.8) is 0 Å². The van der Waals surface area contributed by atoms with E-state index in [1.54, 1.807) is 17.0 Å². The van der Waals surface area contributed by atoms with Gasteiger partial charge in [-0.1, -0.05) is 6.07 Å². The minimum atomic E-state index is -0.761. The average molecular weight is 489 g/mol. The Labute approximate surface area is 204 Å². The molecule has 0 spiro atoms. The molecule has 1 aromatic rings. The van der Waals surface area contributed by atoms with Crippen molar-refractivity contribution < 1.29 is 23.9 Å². The van der Waals surface area contributed by atoms with Crippen LogP contribution in [0.5, 0.6) is 5.75 Å². The predicted molar refractivity (Wildman–Crippen MR) is 129 cm³/mol. The van der Waals surface area contributed by atoms with Crippen LogP contribution in [0.4, 0.5) is 5.69 Å². The molecule has 3 atom stereocenters. The number of nitrogens with zero attached hydrogens (tertiary/aromatic N) is 2. The zero-order valence-electron chi connectivity index (χ0n) is 19.6. The number of nitrogens with one attached hydrogen (secondary N) is 2. The molecule has 1 saturated carbocycles. The summed E-state index contributed by atoms with van der Waals surface area (Å²) in [5.74, 6) is -0.314. The number of carbonyl (C=O) groups excluding carboxylic acids is 3. The first-order valence-electron chi connectivity index (χ1n) is 11.6. The largest absolute Gasteiger partial charge is 0.482 e. The van der Waals surface area contributed by atoms with Crippen LogP contribution < -0.4 is 15.4 Å². The molecule has 3 rings (SSSR count). The minimum absolute atomic E-state index is 0.0459. The lowest BCUT2D eigenvalue weighted by Gasteiger charge is -2.23. The van der Waals surface area contributed by atoms with Gasteiger partial charge in [-0.05, 0) is 44.2 Å². The van der Waals surface area contributed by atoms with E-state index in [-0.39, 0.29) is 29.0 Å². The van der Waals surface area contributed by atoms with E-state index in [9.17, 15) is 19.6 Å². The summed E-state index contributed by atoms with van der Waals surface area (Å²) in [6.45, 7) is 3.50. The summed E-state index contributed by atoms with van der Waals surface area (Å²) >= 11 is 1.53. The van der Waals surface area contributed by atoms with Gasteiger partial charge in [0.25, 0.3) is 0 Å². The zero-order chi connectivity index (χ0) is 24.5. The molecule has 0 aromatic heterocycles. The molecule has 10 heteroatoms. The van der Waals surface area contributed by atoms with E-state index in [2.05, 4.69) is 21.4 Å². The number of ether oxygens (including phenoxy) is 2. The van der Waals surface area contributed by atoms with Gasteiger partial charge in [-0.15, -0.1) is 11.8 Å². The van der Waals surface area contributed by atoms with Crippen LogP contribution in [-0.2, 0) is 19.1 Å². The Kier molecular flexibility index (Phi) is 9.45. The fraction of sp³-hybridized carbons (Fsp3) is 0.583. The first-order chi connectivity index (χ1) is 16.4. The highest BCUT2D eigenvalue weighted by molar-refractivity contribution is 8.01. The number of rotatable bonds is 13. The third kappa shape index (κ3) is 7.29. The number of hydrogen-bond donors (Lipinski definition) is 2. The second-order valence-electron chi connectivity index (χ2n) is 8.42. The molecule has 2 amide bonds. The number of methoxy groups -OCH3 is 1. The van der Waals surface area contributed by atoms with Crippen LogP contribution in [-0.4, -0.2) is 66.7 Å². The van der Waals surface area contributed by atoms with Gasteiger partial charge in [0.2, 0.25) is 11.8 Å². The molecule has 2 N–H and O–H groups in total. The maximum absolute atomic E-state index is 12.9. The second-order valence-corrected chi connectivity index (χ2v) is 9.80. The fourth-order valence-electron chi connectivity index (χ4n) is 3.74. The number of anilines is 1. The SMILES string of the molecule is CCN1C(=O)C(CCNc2cccc(OCC(=O)OC)c2)SC1CC(C#N)C(=O)NCC1CC1. The Bertz CT molecular complexity index is 917. The van der Waals surface area contributed by atoms with Crippen LogP contribution in [0, 0.1) is 23.2 Å². The lowest BCUT2D eigenvalue weighted by atomic mass is 10.1. The number of amides is 2. The molecule has 0 radical (unpaired) electrons. The number of thioether (sulfide) groups is 1. The van der Waals surface area contributed by atoms with E-state index in [0.717, 1.165) is 18.5 Å². The summed E-state index contributed by atoms with van der Waals surface area (Å²) in [5.41, 5.74) is 0.818. The van der Waals surface area contributed by atoms with Crippen LogP contribution >= 0.6 is 11.8 Å². The van der Waals surface area contributed by atoms with Gasteiger partial charge >= 0.3 is 5.97 Å². The quantitative estimate of drug-likeness (QED) is 0.406. The van der Waals surface area contributed by atoms with E-state index in [0.29, 0.717) is 44.1 Å². The third-order valence-electron chi connectivity index (χ3n) is 5.89. The molecular formula is C24H32N4O5S. The Balaban J connectivity index is 1.48. The molecule has 1 aromatic carbocycles. The van der Waals surface area contributed by atoms with Crippen molar-refractivity contribution >= 4 is 35.2 Å². The highest BCUT2D eigenvalue weighted by Crippen LogP contribution is 2.37. The number of benzene rings is 1. The highest BCUT2D eigenvalue weighted by Gasteiger charge is 2.41. The zero-order valence-corrected chi connectivity index (χ0v) is 20.4. The van der Waals surface area contributed by atoms with Crippen LogP contribution in [0.15, 0.2) is 24.3 Å². The second kappa shape index (κ2) is 12.5. The van der Waals surface area contributed by atoms with Gasteiger partial charge in [-0.3, -0.25) is 9.59 Å². The third-order valence-corrected chi connectivity index (χ3v) is 7.42. The molecule has 2 aliphatic rings. The van der Waals surface area contributed by atoms with Crippen LogP contribution in [0.1, 0.15) is 32.6 Å². The molecule has 0 bridgehead atoms. The maximum Gasteiger partial charge on any atom is 0.343 e. The van der Waals surface area contributed by atoms with Gasteiger partial charge in [0.15, 0.2) is 6.61 Å². The van der Waals surface area contributed by atoms with E-state index in [4.69, 9.17) is 4.74 Å². The van der Waals surface area contributed by atoms with E-state index < -0.39 is 11.9 Å². The maximum atomic E-state index is 12.9. The average Bonchev–Trinajstić information content (AvgIpc) is 3.63. The molecule has 3 unspecified atom stereocenters. The molecule has 184 valence electrons. The Morgan fingerprint density at radius 1 is 1.35 bits per heavy atom. The molecular weight excluding hydrogens is 456 g/mol. The molecule has 2 fully saturated rings. The van der Waals surface area contributed by atoms with Crippen molar-refractivity contribution in [2.75, 3.05) is 38.7 Å². The van der Waals surface area contributed by atoms with Crippen molar-refractivity contribution in [2.45, 2.75) is 43.2 Å². The van der Waals surface area contributed by atoms with Crippen molar-refractivity contribution in [2.24, 2.45) is 11.8 Å². The molecule has 1 heterocycles. The summed E-state index contributed by atoms with van der Waals surface area (Å²) in [6.07, 6.45) is 3.21. The summed E-state index contributed by atoms with van der Waals surface area (Å²) in [6, 6.07) is 9.35. The Hall–Kier alpha value is -2.93. The normalized spacial score (nSPS) is 20.4. The van der Waals surface area contributed by atoms with E-state index in [1.807, 2.05) is 19.1 Å². The molecule has 1 aliphatic heterocycles. The smallest absolute Gasteiger partial charge is 0.343 e. The number of nitriles is 1. The van der Waals surface area contributed by atoms with Crippen molar-refractivity contribution in [1.82, 2.24) is 10.2 Å². The standard InChI is InChI=1S/C24H32N4O5S/c1-3-28-21(11-17(13-25)23(30)27-14-16-7-8-16)34-20(24(28)31)9-10-26-18-5-4-6-19(12-18)33-15-22(29)32-2/h4-6,12,16-17,20-21,26H,3,7-11,14-15H2,1-2H3,(H,27,30). The first kappa shape index (κ1) is 25.7. The van der Waals surface area contributed by atoms with Gasteiger partial charge in [0.05, 0.1) is 23.8 Å². The molecule has 9 nitrogen and oxygen atoms in total. The summed E-state index contributed by atoms with van der Waals surface area (Å²) < 4.78 is 9.97. The Morgan fingerprint density at radius 3 is 2.82 bits per heavy atom. The van der Waals surface area contributed by atoms with Crippen LogP contribution in [0.25, 0.3) is 0 Å². The van der Waals surface area contributed by atoms with Crippen molar-refractivity contribution in [3.8, 4) is 11.8 Å². The van der Waals surface area contributed by atoms with Gasteiger partial charge in [-0.25, -0.2) is 4.79 Å². The first-order valence-corrected chi connectivity index (χ1v) is 12.6. The van der Waals surface area contributed by atoms with E-state index in [1.165, 1.54) is 18.9 Å². The van der Waals surface area contributed by atoms with Crippen LogP contribution in [0.2, 0.25) is 0 Å². The van der Waals surface area contributed by atoms with Gasteiger partial charge < -0.3 is 25.0 Å². The van der Waals surface area contributed by atoms with Crippen molar-refractivity contribution in [3.05, 3.63) is 24.3 Å². The molecule has 34 heavy (non-hydrogen) atoms. The van der Waals surface area contributed by atoms with E-state index >= 15 is 0 Å².